The Morgan fingerprint density at radius 2 is 1.94 bits per heavy atom. The minimum absolute atomic E-state index is 0.147. The smallest absolute Gasteiger partial charge is 0.245 e. The van der Waals surface area contributed by atoms with E-state index in [4.69, 9.17) is 10.5 Å². The van der Waals surface area contributed by atoms with Gasteiger partial charge in [0.2, 0.25) is 10.0 Å². The average Bonchev–Trinajstić information content (AvgIpc) is 2.33. The third-order valence-electron chi connectivity index (χ3n) is 2.56. The van der Waals surface area contributed by atoms with Gasteiger partial charge in [-0.25, -0.2) is 8.42 Å². The topological polar surface area (TPSA) is 72.6 Å². The molecule has 0 bridgehead atoms. The van der Waals surface area contributed by atoms with E-state index in [0.717, 1.165) is 0 Å². The molecule has 0 amide bonds. The summed E-state index contributed by atoms with van der Waals surface area (Å²) >= 11 is 3.25. The van der Waals surface area contributed by atoms with Crippen molar-refractivity contribution in [1.82, 2.24) is 4.31 Å². The highest BCUT2D eigenvalue weighted by Crippen LogP contribution is 2.26. The maximum absolute atomic E-state index is 12.3. The van der Waals surface area contributed by atoms with Crippen LogP contribution in [0.25, 0.3) is 0 Å². The first-order valence-corrected chi connectivity index (χ1v) is 7.38. The highest BCUT2D eigenvalue weighted by molar-refractivity contribution is 9.10. The van der Waals surface area contributed by atoms with Gasteiger partial charge in [-0.15, -0.1) is 0 Å². The van der Waals surface area contributed by atoms with Gasteiger partial charge in [-0.05, 0) is 18.2 Å². The molecule has 1 saturated heterocycles. The lowest BCUT2D eigenvalue weighted by atomic mass is 10.3. The van der Waals surface area contributed by atoms with Crippen molar-refractivity contribution in [2.45, 2.75) is 4.90 Å². The van der Waals surface area contributed by atoms with Gasteiger partial charge in [0.25, 0.3) is 0 Å². The molecule has 0 atom stereocenters. The van der Waals surface area contributed by atoms with Crippen LogP contribution in [-0.2, 0) is 14.8 Å². The number of hydrogen-bond acceptors (Lipinski definition) is 4. The SMILES string of the molecule is Nc1ccc(Br)cc1S(=O)(=O)N1CCOCC1. The van der Waals surface area contributed by atoms with Gasteiger partial charge in [-0.1, -0.05) is 15.9 Å². The van der Waals surface area contributed by atoms with Gasteiger partial charge >= 0.3 is 0 Å². The van der Waals surface area contributed by atoms with Crippen LogP contribution in [0.15, 0.2) is 27.6 Å². The summed E-state index contributed by atoms with van der Waals surface area (Å²) in [6, 6.07) is 4.82. The predicted molar refractivity (Wildman–Crippen MR) is 68.1 cm³/mol. The lowest BCUT2D eigenvalue weighted by molar-refractivity contribution is 0.0730. The zero-order valence-corrected chi connectivity index (χ0v) is 11.5. The highest BCUT2D eigenvalue weighted by atomic mass is 79.9. The molecule has 1 heterocycles. The van der Waals surface area contributed by atoms with Gasteiger partial charge in [0.1, 0.15) is 4.90 Å². The van der Waals surface area contributed by atoms with Crippen molar-refractivity contribution < 1.29 is 13.2 Å². The number of hydrogen-bond donors (Lipinski definition) is 1. The summed E-state index contributed by atoms with van der Waals surface area (Å²) < 4.78 is 31.9. The fraction of sp³-hybridized carbons (Fsp3) is 0.400. The average molecular weight is 321 g/mol. The van der Waals surface area contributed by atoms with Crippen LogP contribution in [-0.4, -0.2) is 39.0 Å². The molecule has 0 unspecified atom stereocenters. The van der Waals surface area contributed by atoms with E-state index in [1.165, 1.54) is 10.4 Å². The van der Waals surface area contributed by atoms with E-state index in [1.54, 1.807) is 12.1 Å². The molecule has 1 aromatic rings. The number of anilines is 1. The number of morpholine rings is 1. The number of sulfonamides is 1. The molecule has 1 aliphatic heterocycles. The molecule has 1 aliphatic rings. The van der Waals surface area contributed by atoms with E-state index in [2.05, 4.69) is 15.9 Å². The molecule has 0 radical (unpaired) electrons. The fourth-order valence-electron chi connectivity index (χ4n) is 1.66. The summed E-state index contributed by atoms with van der Waals surface area (Å²) in [6.45, 7) is 1.59. The molecule has 1 aromatic carbocycles. The number of ether oxygens (including phenoxy) is 1. The summed E-state index contributed by atoms with van der Waals surface area (Å²) in [4.78, 5) is 0.147. The molecule has 7 heteroatoms. The summed E-state index contributed by atoms with van der Waals surface area (Å²) in [5, 5.41) is 0. The third-order valence-corrected chi connectivity index (χ3v) is 5.01. The lowest BCUT2D eigenvalue weighted by Crippen LogP contribution is -2.40. The largest absolute Gasteiger partial charge is 0.398 e. The van der Waals surface area contributed by atoms with Gasteiger partial charge in [0.05, 0.1) is 18.9 Å². The zero-order valence-electron chi connectivity index (χ0n) is 9.10. The lowest BCUT2D eigenvalue weighted by Gasteiger charge is -2.26. The quantitative estimate of drug-likeness (QED) is 0.827. The first kappa shape index (κ1) is 12.8. The maximum Gasteiger partial charge on any atom is 0.245 e. The molecular weight excluding hydrogens is 308 g/mol. The van der Waals surface area contributed by atoms with Crippen molar-refractivity contribution in [3.8, 4) is 0 Å². The van der Waals surface area contributed by atoms with Crippen LogP contribution in [0.1, 0.15) is 0 Å². The van der Waals surface area contributed by atoms with E-state index < -0.39 is 10.0 Å². The van der Waals surface area contributed by atoms with Crippen LogP contribution in [0.3, 0.4) is 0 Å². The number of nitrogens with zero attached hydrogens (tertiary/aromatic N) is 1. The van der Waals surface area contributed by atoms with Gasteiger partial charge < -0.3 is 10.5 Å². The molecule has 0 saturated carbocycles. The van der Waals surface area contributed by atoms with Crippen molar-refractivity contribution >= 4 is 31.6 Å². The number of halogens is 1. The number of nitrogens with two attached hydrogens (primary N) is 1. The van der Waals surface area contributed by atoms with Crippen LogP contribution in [0.2, 0.25) is 0 Å². The second-order valence-corrected chi connectivity index (χ2v) is 6.52. The number of benzene rings is 1. The van der Waals surface area contributed by atoms with Crippen molar-refractivity contribution in [3.63, 3.8) is 0 Å². The Hall–Kier alpha value is -0.630. The molecule has 1 fully saturated rings. The Balaban J connectivity index is 2.40. The Morgan fingerprint density at radius 1 is 1.29 bits per heavy atom. The Bertz CT molecular complexity index is 512. The van der Waals surface area contributed by atoms with Crippen LogP contribution in [0.5, 0.6) is 0 Å². The molecule has 5 nitrogen and oxygen atoms in total. The highest BCUT2D eigenvalue weighted by Gasteiger charge is 2.28. The van der Waals surface area contributed by atoms with E-state index in [-0.39, 0.29) is 10.6 Å². The van der Waals surface area contributed by atoms with Gasteiger partial charge in [0.15, 0.2) is 0 Å². The maximum atomic E-state index is 12.3. The first-order chi connectivity index (χ1) is 8.01. The van der Waals surface area contributed by atoms with Gasteiger partial charge in [0, 0.05) is 17.6 Å². The second kappa shape index (κ2) is 4.93. The van der Waals surface area contributed by atoms with Crippen molar-refractivity contribution in [2.75, 3.05) is 32.0 Å². The summed E-state index contributed by atoms with van der Waals surface area (Å²) in [6.07, 6.45) is 0. The van der Waals surface area contributed by atoms with Crippen LogP contribution < -0.4 is 5.73 Å². The normalized spacial score (nSPS) is 18.2. The van der Waals surface area contributed by atoms with E-state index in [1.807, 2.05) is 0 Å². The Labute approximate surface area is 109 Å². The predicted octanol–water partition coefficient (Wildman–Crippen LogP) is 1.05. The Kier molecular flexibility index (Phi) is 3.72. The molecule has 0 aromatic heterocycles. The fourth-order valence-corrected chi connectivity index (χ4v) is 3.72. The van der Waals surface area contributed by atoms with Gasteiger partial charge in [-0.3, -0.25) is 0 Å². The molecule has 2 N–H and O–H groups in total. The molecular formula is C10H13BrN2O3S. The van der Waals surface area contributed by atoms with E-state index >= 15 is 0 Å². The van der Waals surface area contributed by atoms with Crippen LogP contribution in [0.4, 0.5) is 5.69 Å². The third kappa shape index (κ3) is 2.62. The van der Waals surface area contributed by atoms with Crippen LogP contribution in [0, 0.1) is 0 Å². The minimum atomic E-state index is -3.52. The summed E-state index contributed by atoms with van der Waals surface area (Å²) in [5.41, 5.74) is 5.99. The van der Waals surface area contributed by atoms with Crippen molar-refractivity contribution in [2.24, 2.45) is 0 Å². The second-order valence-electron chi connectivity index (χ2n) is 3.70. The zero-order chi connectivity index (χ0) is 12.5. The Morgan fingerprint density at radius 3 is 2.59 bits per heavy atom. The van der Waals surface area contributed by atoms with E-state index in [0.29, 0.717) is 30.8 Å². The molecule has 17 heavy (non-hydrogen) atoms. The number of rotatable bonds is 2. The minimum Gasteiger partial charge on any atom is -0.398 e. The van der Waals surface area contributed by atoms with Crippen molar-refractivity contribution in [3.05, 3.63) is 22.7 Å². The van der Waals surface area contributed by atoms with Crippen molar-refractivity contribution in [1.29, 1.82) is 0 Å². The summed E-state index contributed by atoms with van der Waals surface area (Å²) in [7, 11) is -3.52. The molecule has 0 aliphatic carbocycles. The van der Waals surface area contributed by atoms with Crippen LogP contribution >= 0.6 is 15.9 Å². The molecule has 2 rings (SSSR count). The van der Waals surface area contributed by atoms with Gasteiger partial charge in [-0.2, -0.15) is 4.31 Å². The number of nitrogen functional groups attached to an aromatic ring is 1. The van der Waals surface area contributed by atoms with E-state index in [9.17, 15) is 8.42 Å². The first-order valence-electron chi connectivity index (χ1n) is 5.15. The molecule has 94 valence electrons. The summed E-state index contributed by atoms with van der Waals surface area (Å²) in [5.74, 6) is 0. The standard InChI is InChI=1S/C10H13BrN2O3S/c11-8-1-2-9(12)10(7-8)17(14,15)13-3-5-16-6-4-13/h1-2,7H,3-6,12H2. The monoisotopic (exact) mass is 320 g/mol. The molecule has 0 spiro atoms.